The van der Waals surface area contributed by atoms with Gasteiger partial charge >= 0.3 is 0 Å². The van der Waals surface area contributed by atoms with Gasteiger partial charge in [0, 0.05) is 6.04 Å². The average Bonchev–Trinajstić information content (AvgIpc) is 2.10. The molecule has 0 rings (SSSR count). The molecule has 1 N–H and O–H groups in total. The molecule has 0 aromatic heterocycles. The molecule has 1 nitrogen and oxygen atoms in total. The van der Waals surface area contributed by atoms with E-state index in [0.29, 0.717) is 0 Å². The molecule has 0 aromatic carbocycles. The van der Waals surface area contributed by atoms with Gasteiger partial charge in [0.2, 0.25) is 0 Å². The Balaban J connectivity index is 4.11. The molecule has 2 atom stereocenters. The van der Waals surface area contributed by atoms with Crippen LogP contribution < -0.4 is 5.32 Å². The second-order valence-corrected chi connectivity index (χ2v) is 4.38. The summed E-state index contributed by atoms with van der Waals surface area (Å²) >= 11 is 0. The van der Waals surface area contributed by atoms with Crippen LogP contribution in [0.15, 0.2) is 0 Å². The van der Waals surface area contributed by atoms with Gasteiger partial charge in [0.1, 0.15) is 0 Å². The molecule has 0 radical (unpaired) electrons. The molecule has 2 unspecified atom stereocenters. The van der Waals surface area contributed by atoms with Gasteiger partial charge < -0.3 is 5.32 Å². The van der Waals surface area contributed by atoms with Gasteiger partial charge in [-0.1, -0.05) is 40.5 Å². The molecule has 0 saturated carbocycles. The van der Waals surface area contributed by atoms with Gasteiger partial charge in [0.25, 0.3) is 0 Å². The number of hydrogen-bond donors (Lipinski definition) is 1. The van der Waals surface area contributed by atoms with Crippen LogP contribution in [0.2, 0.25) is 0 Å². The zero-order valence-corrected chi connectivity index (χ0v) is 10.1. The van der Waals surface area contributed by atoms with Crippen molar-refractivity contribution in [3.63, 3.8) is 0 Å². The van der Waals surface area contributed by atoms with E-state index >= 15 is 0 Å². The van der Waals surface area contributed by atoms with E-state index in [1.807, 2.05) is 0 Å². The fourth-order valence-electron chi connectivity index (χ4n) is 2.22. The third-order valence-electron chi connectivity index (χ3n) is 2.97. The highest BCUT2D eigenvalue weighted by molar-refractivity contribution is 4.76. The summed E-state index contributed by atoms with van der Waals surface area (Å²) < 4.78 is 0. The summed E-state index contributed by atoms with van der Waals surface area (Å²) in [6.07, 6.45) is 5.28. The summed E-state index contributed by atoms with van der Waals surface area (Å²) in [5.74, 6) is 1.67. The number of nitrogens with one attached hydrogen (secondary N) is 1. The van der Waals surface area contributed by atoms with Crippen LogP contribution in [0.1, 0.15) is 53.4 Å². The Kier molecular flexibility index (Phi) is 7.35. The normalized spacial score (nSPS) is 16.2. The van der Waals surface area contributed by atoms with Crippen molar-refractivity contribution in [2.45, 2.75) is 59.4 Å². The zero-order chi connectivity index (χ0) is 10.3. The van der Waals surface area contributed by atoms with E-state index in [0.717, 1.165) is 17.9 Å². The van der Waals surface area contributed by atoms with Gasteiger partial charge in [-0.15, -0.1) is 0 Å². The first-order valence-corrected chi connectivity index (χ1v) is 5.84. The lowest BCUT2D eigenvalue weighted by atomic mass is 9.83. The van der Waals surface area contributed by atoms with Gasteiger partial charge in [-0.3, -0.25) is 0 Å². The Morgan fingerprint density at radius 1 is 1.00 bits per heavy atom. The molecule has 0 aliphatic heterocycles. The average molecular weight is 185 g/mol. The Morgan fingerprint density at radius 2 is 1.54 bits per heavy atom. The maximum Gasteiger partial charge on any atom is 0.00946 e. The summed E-state index contributed by atoms with van der Waals surface area (Å²) in [5.41, 5.74) is 0. The van der Waals surface area contributed by atoms with Crippen LogP contribution in [0.5, 0.6) is 0 Å². The van der Waals surface area contributed by atoms with E-state index in [9.17, 15) is 0 Å². The Morgan fingerprint density at radius 3 is 1.85 bits per heavy atom. The molecule has 0 aliphatic carbocycles. The molecular weight excluding hydrogens is 158 g/mol. The molecule has 0 spiro atoms. The Labute approximate surface area is 84.3 Å². The van der Waals surface area contributed by atoms with Gasteiger partial charge in [0.05, 0.1) is 0 Å². The molecule has 13 heavy (non-hydrogen) atoms. The molecule has 0 amide bonds. The molecular formula is C12H27N. The topological polar surface area (TPSA) is 12.0 Å². The minimum atomic E-state index is 0.727. The lowest BCUT2D eigenvalue weighted by Crippen LogP contribution is -2.36. The zero-order valence-electron chi connectivity index (χ0n) is 10.1. The third-order valence-corrected chi connectivity index (χ3v) is 2.97. The van der Waals surface area contributed by atoms with Gasteiger partial charge in [-0.25, -0.2) is 0 Å². The van der Waals surface area contributed by atoms with E-state index in [-0.39, 0.29) is 0 Å². The van der Waals surface area contributed by atoms with Crippen LogP contribution in [-0.2, 0) is 0 Å². The maximum absolute atomic E-state index is 3.47. The molecule has 0 aliphatic rings. The standard InChI is InChI=1S/C12H27N/c1-6-8-11(10(3)4)12(13-5)9-7-2/h10-13H,6-9H2,1-5H3. The lowest BCUT2D eigenvalue weighted by Gasteiger charge is -2.29. The molecule has 80 valence electrons. The SMILES string of the molecule is CCCC(NC)C(CCC)C(C)C. The van der Waals surface area contributed by atoms with Crippen LogP contribution in [0.3, 0.4) is 0 Å². The maximum atomic E-state index is 3.47. The van der Waals surface area contributed by atoms with Crippen molar-refractivity contribution in [1.29, 1.82) is 0 Å². The first-order valence-electron chi connectivity index (χ1n) is 5.84. The summed E-state index contributed by atoms with van der Waals surface area (Å²) in [5, 5.41) is 3.47. The van der Waals surface area contributed by atoms with Gasteiger partial charge in [0.15, 0.2) is 0 Å². The monoisotopic (exact) mass is 185 g/mol. The summed E-state index contributed by atoms with van der Waals surface area (Å²) in [6.45, 7) is 9.25. The highest BCUT2D eigenvalue weighted by Crippen LogP contribution is 2.23. The lowest BCUT2D eigenvalue weighted by molar-refractivity contribution is 0.255. The third kappa shape index (κ3) is 4.66. The smallest absolute Gasteiger partial charge is 0.00946 e. The van der Waals surface area contributed by atoms with Crippen LogP contribution in [0.4, 0.5) is 0 Å². The summed E-state index contributed by atoms with van der Waals surface area (Å²) in [7, 11) is 2.10. The number of hydrogen-bond acceptors (Lipinski definition) is 1. The Bertz CT molecular complexity index is 110. The molecule has 0 heterocycles. The second-order valence-electron chi connectivity index (χ2n) is 4.38. The first-order chi connectivity index (χ1) is 6.17. The molecule has 0 aromatic rings. The van der Waals surface area contributed by atoms with Gasteiger partial charge in [-0.05, 0) is 31.7 Å². The van der Waals surface area contributed by atoms with Crippen LogP contribution in [0, 0.1) is 11.8 Å². The van der Waals surface area contributed by atoms with Crippen molar-refractivity contribution in [2.24, 2.45) is 11.8 Å². The van der Waals surface area contributed by atoms with Gasteiger partial charge in [-0.2, -0.15) is 0 Å². The fourth-order valence-corrected chi connectivity index (χ4v) is 2.22. The van der Waals surface area contributed by atoms with E-state index in [1.54, 1.807) is 0 Å². The summed E-state index contributed by atoms with van der Waals surface area (Å²) in [4.78, 5) is 0. The molecule has 0 saturated heterocycles. The molecule has 1 heteroatoms. The minimum absolute atomic E-state index is 0.727. The second kappa shape index (κ2) is 7.37. The predicted octanol–water partition coefficient (Wildman–Crippen LogP) is 3.45. The highest BCUT2D eigenvalue weighted by Gasteiger charge is 2.21. The first kappa shape index (κ1) is 13.0. The van der Waals surface area contributed by atoms with Crippen molar-refractivity contribution < 1.29 is 0 Å². The van der Waals surface area contributed by atoms with Crippen molar-refractivity contribution in [3.05, 3.63) is 0 Å². The molecule has 0 bridgehead atoms. The van der Waals surface area contributed by atoms with Crippen molar-refractivity contribution in [1.82, 2.24) is 5.32 Å². The van der Waals surface area contributed by atoms with E-state index < -0.39 is 0 Å². The van der Waals surface area contributed by atoms with Crippen LogP contribution >= 0.6 is 0 Å². The van der Waals surface area contributed by atoms with Crippen LogP contribution in [0.25, 0.3) is 0 Å². The largest absolute Gasteiger partial charge is 0.317 e. The highest BCUT2D eigenvalue weighted by atomic mass is 14.9. The Hall–Kier alpha value is -0.0400. The minimum Gasteiger partial charge on any atom is -0.317 e. The summed E-state index contributed by atoms with van der Waals surface area (Å²) in [6, 6.07) is 0.727. The van der Waals surface area contributed by atoms with Crippen molar-refractivity contribution >= 4 is 0 Å². The number of rotatable bonds is 7. The van der Waals surface area contributed by atoms with E-state index in [1.165, 1.54) is 25.7 Å². The van der Waals surface area contributed by atoms with Crippen LogP contribution in [-0.4, -0.2) is 13.1 Å². The van der Waals surface area contributed by atoms with Crippen molar-refractivity contribution in [3.8, 4) is 0 Å². The quantitative estimate of drug-likeness (QED) is 0.640. The van der Waals surface area contributed by atoms with E-state index in [2.05, 4.69) is 40.1 Å². The van der Waals surface area contributed by atoms with E-state index in [4.69, 9.17) is 0 Å². The predicted molar refractivity (Wildman–Crippen MR) is 61.0 cm³/mol. The van der Waals surface area contributed by atoms with Crippen molar-refractivity contribution in [2.75, 3.05) is 7.05 Å². The molecule has 0 fully saturated rings. The fraction of sp³-hybridized carbons (Fsp3) is 1.00.